The van der Waals surface area contributed by atoms with Crippen LogP contribution in [0.1, 0.15) is 19.3 Å². The van der Waals surface area contributed by atoms with E-state index in [0.717, 1.165) is 25.6 Å². The van der Waals surface area contributed by atoms with Crippen molar-refractivity contribution < 1.29 is 9.31 Å². The maximum Gasteiger partial charge on any atom is 0.272 e. The van der Waals surface area contributed by atoms with E-state index in [1.54, 1.807) is 0 Å². The normalized spacial score (nSPS) is 19.1. The van der Waals surface area contributed by atoms with E-state index in [0.29, 0.717) is 18.2 Å². The molecule has 1 aromatic rings. The molecule has 1 aromatic carbocycles. The van der Waals surface area contributed by atoms with Gasteiger partial charge in [0.15, 0.2) is 5.82 Å². The van der Waals surface area contributed by atoms with Crippen LogP contribution in [0.25, 0.3) is 0 Å². The summed E-state index contributed by atoms with van der Waals surface area (Å²) in [5, 5.41) is 16.8. The molecule has 2 rings (SSSR count). The highest BCUT2D eigenvalue weighted by Gasteiger charge is 2.13. The third kappa shape index (κ3) is 3.89. The molecule has 19 heavy (non-hydrogen) atoms. The van der Waals surface area contributed by atoms with Gasteiger partial charge in [0.05, 0.1) is 16.7 Å². The minimum absolute atomic E-state index is 0.223. The smallest absolute Gasteiger partial charge is 0.272 e. The van der Waals surface area contributed by atoms with Crippen molar-refractivity contribution in [3.05, 3.63) is 34.1 Å². The molecule has 0 amide bonds. The highest BCUT2D eigenvalue weighted by Crippen LogP contribution is 2.21. The molecule has 0 aromatic heterocycles. The third-order valence-corrected chi connectivity index (χ3v) is 3.43. The Morgan fingerprint density at radius 3 is 3.00 bits per heavy atom. The molecule has 1 saturated heterocycles. The summed E-state index contributed by atoms with van der Waals surface area (Å²) in [7, 11) is 0. The molecule has 2 N–H and O–H groups in total. The molecule has 0 saturated carbocycles. The standard InChI is InChI=1S/C13H18FN3O2/c14-12-8-11(17(18)19)3-4-13(12)16-7-5-10-2-1-6-15-9-10/h3-4,8,10,15-16H,1-2,5-7,9H2. The van der Waals surface area contributed by atoms with Gasteiger partial charge in [0.1, 0.15) is 0 Å². The third-order valence-electron chi connectivity index (χ3n) is 3.43. The van der Waals surface area contributed by atoms with Gasteiger partial charge in [-0.3, -0.25) is 10.1 Å². The molecule has 0 bridgehead atoms. The molecule has 1 fully saturated rings. The van der Waals surface area contributed by atoms with Gasteiger partial charge in [-0.05, 0) is 44.3 Å². The van der Waals surface area contributed by atoms with Crippen LogP contribution in [0.15, 0.2) is 18.2 Å². The topological polar surface area (TPSA) is 67.2 Å². The number of piperidine rings is 1. The first-order chi connectivity index (χ1) is 9.16. The number of anilines is 1. The maximum atomic E-state index is 13.6. The Balaban J connectivity index is 1.83. The Bertz CT molecular complexity index is 448. The SMILES string of the molecule is O=[N+]([O-])c1ccc(NCCC2CCCNC2)c(F)c1. The molecule has 1 aliphatic rings. The lowest BCUT2D eigenvalue weighted by atomic mass is 9.96. The Morgan fingerprint density at radius 1 is 1.53 bits per heavy atom. The van der Waals surface area contributed by atoms with Crippen molar-refractivity contribution in [3.63, 3.8) is 0 Å². The van der Waals surface area contributed by atoms with Crippen LogP contribution in [0, 0.1) is 21.8 Å². The monoisotopic (exact) mass is 267 g/mol. The molecule has 1 unspecified atom stereocenters. The van der Waals surface area contributed by atoms with Gasteiger partial charge in [0, 0.05) is 12.6 Å². The van der Waals surface area contributed by atoms with Gasteiger partial charge in [-0.1, -0.05) is 0 Å². The number of hydrogen-bond donors (Lipinski definition) is 2. The summed E-state index contributed by atoms with van der Waals surface area (Å²) < 4.78 is 13.6. The Morgan fingerprint density at radius 2 is 2.37 bits per heavy atom. The van der Waals surface area contributed by atoms with Crippen molar-refractivity contribution in [3.8, 4) is 0 Å². The largest absolute Gasteiger partial charge is 0.383 e. The maximum absolute atomic E-state index is 13.6. The first-order valence-electron chi connectivity index (χ1n) is 6.55. The Kier molecular flexibility index (Phi) is 4.68. The molecular weight excluding hydrogens is 249 g/mol. The lowest BCUT2D eigenvalue weighted by Crippen LogP contribution is -2.30. The highest BCUT2D eigenvalue weighted by molar-refractivity contribution is 5.50. The summed E-state index contributed by atoms with van der Waals surface area (Å²) in [5.74, 6) is 0.0540. The number of non-ortho nitro benzene ring substituents is 1. The fourth-order valence-corrected chi connectivity index (χ4v) is 2.34. The van der Waals surface area contributed by atoms with Gasteiger partial charge in [-0.15, -0.1) is 0 Å². The highest BCUT2D eigenvalue weighted by atomic mass is 19.1. The predicted octanol–water partition coefficient (Wildman–Crippen LogP) is 2.54. The van der Waals surface area contributed by atoms with Crippen LogP contribution in [0.4, 0.5) is 15.8 Å². The molecule has 1 atom stereocenters. The zero-order chi connectivity index (χ0) is 13.7. The molecule has 1 aliphatic heterocycles. The Hall–Kier alpha value is -1.69. The second-order valence-electron chi connectivity index (χ2n) is 4.85. The van der Waals surface area contributed by atoms with Crippen LogP contribution in [0.3, 0.4) is 0 Å². The predicted molar refractivity (Wildman–Crippen MR) is 71.8 cm³/mol. The zero-order valence-electron chi connectivity index (χ0n) is 10.7. The number of nitro groups is 1. The molecular formula is C13H18FN3O2. The van der Waals surface area contributed by atoms with Crippen molar-refractivity contribution in [1.82, 2.24) is 5.32 Å². The number of benzene rings is 1. The fourth-order valence-electron chi connectivity index (χ4n) is 2.34. The summed E-state index contributed by atoms with van der Waals surface area (Å²) >= 11 is 0. The molecule has 0 radical (unpaired) electrons. The number of halogens is 1. The van der Waals surface area contributed by atoms with Crippen molar-refractivity contribution in [2.75, 3.05) is 25.0 Å². The van der Waals surface area contributed by atoms with Crippen LogP contribution in [-0.2, 0) is 0 Å². The molecule has 5 nitrogen and oxygen atoms in total. The van der Waals surface area contributed by atoms with Crippen LogP contribution in [-0.4, -0.2) is 24.6 Å². The van der Waals surface area contributed by atoms with Crippen molar-refractivity contribution in [2.24, 2.45) is 5.92 Å². The second kappa shape index (κ2) is 6.47. The van der Waals surface area contributed by atoms with Crippen LogP contribution in [0.2, 0.25) is 0 Å². The molecule has 1 heterocycles. The van der Waals surface area contributed by atoms with E-state index in [1.807, 2.05) is 0 Å². The summed E-state index contributed by atoms with van der Waals surface area (Å²) in [6.07, 6.45) is 3.37. The zero-order valence-corrected chi connectivity index (χ0v) is 10.7. The van der Waals surface area contributed by atoms with Gasteiger partial charge >= 0.3 is 0 Å². The molecule has 0 aliphatic carbocycles. The van der Waals surface area contributed by atoms with Crippen molar-refractivity contribution in [1.29, 1.82) is 0 Å². The van der Waals surface area contributed by atoms with Crippen molar-refractivity contribution >= 4 is 11.4 Å². The second-order valence-corrected chi connectivity index (χ2v) is 4.85. The minimum atomic E-state index is -0.597. The van der Waals surface area contributed by atoms with Crippen molar-refractivity contribution in [2.45, 2.75) is 19.3 Å². The fraction of sp³-hybridized carbons (Fsp3) is 0.538. The number of rotatable bonds is 5. The number of hydrogen-bond acceptors (Lipinski definition) is 4. The van der Waals surface area contributed by atoms with Crippen LogP contribution < -0.4 is 10.6 Å². The summed E-state index contributed by atoms with van der Waals surface area (Å²) in [6, 6.07) is 3.69. The van der Waals surface area contributed by atoms with Gasteiger partial charge < -0.3 is 10.6 Å². The number of nitrogens with zero attached hydrogens (tertiary/aromatic N) is 1. The summed E-state index contributed by atoms with van der Waals surface area (Å²) in [4.78, 5) is 9.90. The van der Waals surface area contributed by atoms with E-state index in [4.69, 9.17) is 0 Å². The Labute approximate surface area is 111 Å². The number of nitrogens with one attached hydrogen (secondary N) is 2. The average Bonchev–Trinajstić information content (AvgIpc) is 2.41. The van der Waals surface area contributed by atoms with E-state index in [2.05, 4.69) is 10.6 Å². The lowest BCUT2D eigenvalue weighted by molar-refractivity contribution is -0.385. The molecule has 104 valence electrons. The quantitative estimate of drug-likeness (QED) is 0.635. The van der Waals surface area contributed by atoms with Crippen LogP contribution in [0.5, 0.6) is 0 Å². The first-order valence-corrected chi connectivity index (χ1v) is 6.55. The first kappa shape index (κ1) is 13.7. The summed E-state index contributed by atoms with van der Waals surface area (Å²) in [6.45, 7) is 2.78. The van der Waals surface area contributed by atoms with Crippen LogP contribution >= 0.6 is 0 Å². The van der Waals surface area contributed by atoms with E-state index in [9.17, 15) is 14.5 Å². The van der Waals surface area contributed by atoms with E-state index >= 15 is 0 Å². The van der Waals surface area contributed by atoms with Gasteiger partial charge in [-0.25, -0.2) is 4.39 Å². The van der Waals surface area contributed by atoms with E-state index < -0.39 is 10.7 Å². The lowest BCUT2D eigenvalue weighted by Gasteiger charge is -2.22. The van der Waals surface area contributed by atoms with Gasteiger partial charge in [-0.2, -0.15) is 0 Å². The molecule has 6 heteroatoms. The van der Waals surface area contributed by atoms with E-state index in [-0.39, 0.29) is 5.69 Å². The number of nitro benzene ring substituents is 1. The van der Waals surface area contributed by atoms with Gasteiger partial charge in [0.25, 0.3) is 5.69 Å². The molecule has 0 spiro atoms. The summed E-state index contributed by atoms with van der Waals surface area (Å²) in [5.41, 5.74) is 0.105. The van der Waals surface area contributed by atoms with Gasteiger partial charge in [0.2, 0.25) is 0 Å². The average molecular weight is 267 g/mol. The minimum Gasteiger partial charge on any atom is -0.383 e. The van der Waals surface area contributed by atoms with E-state index in [1.165, 1.54) is 25.0 Å².